The van der Waals surface area contributed by atoms with E-state index in [4.69, 9.17) is 11.6 Å². The lowest BCUT2D eigenvalue weighted by Crippen LogP contribution is -2.34. The first kappa shape index (κ1) is 15.7. The molecular formula is C15H16ClN5O2S. The second kappa shape index (κ2) is 6.27. The number of aromatic nitrogens is 3. The number of carbonyl (C=O) groups excluding carboxylic acids is 1. The highest BCUT2D eigenvalue weighted by Crippen LogP contribution is 2.34. The number of hydrogen-bond acceptors (Lipinski definition) is 4. The van der Waals surface area contributed by atoms with Gasteiger partial charge in [0.15, 0.2) is 5.69 Å². The van der Waals surface area contributed by atoms with Crippen molar-refractivity contribution in [1.29, 1.82) is 0 Å². The number of carbonyl (C=O) groups is 1. The number of amides is 1. The summed E-state index contributed by atoms with van der Waals surface area (Å²) >= 11 is 6.15. The Morgan fingerprint density at radius 3 is 2.54 bits per heavy atom. The highest BCUT2D eigenvalue weighted by molar-refractivity contribution is 7.82. The normalized spacial score (nSPS) is 25.0. The summed E-state index contributed by atoms with van der Waals surface area (Å²) in [7, 11) is -1.26. The fourth-order valence-corrected chi connectivity index (χ4v) is 5.14. The van der Waals surface area contributed by atoms with Crippen LogP contribution in [0.25, 0.3) is 0 Å². The van der Waals surface area contributed by atoms with E-state index in [9.17, 15) is 9.00 Å². The smallest absolute Gasteiger partial charge is 0.276 e. The molecule has 126 valence electrons. The molecule has 7 nitrogen and oxygen atoms in total. The Morgan fingerprint density at radius 2 is 1.92 bits per heavy atom. The lowest BCUT2D eigenvalue weighted by molar-refractivity contribution is 0.0773. The number of nitrogens with one attached hydrogen (secondary N) is 1. The maximum atomic E-state index is 12.8. The van der Waals surface area contributed by atoms with Gasteiger partial charge in [-0.1, -0.05) is 23.7 Å². The number of fused-ring (bicyclic) bond motifs is 1. The first-order valence-corrected chi connectivity index (χ1v) is 9.18. The van der Waals surface area contributed by atoms with Crippen LogP contribution in [0.15, 0.2) is 35.4 Å². The van der Waals surface area contributed by atoms with Crippen molar-refractivity contribution in [3.8, 4) is 0 Å². The minimum Gasteiger partial charge on any atom is -0.337 e. The predicted octanol–water partition coefficient (Wildman–Crippen LogP) is 1.18. The number of likely N-dealkylation sites (tertiary alicyclic amines) is 1. The monoisotopic (exact) mass is 365 g/mol. The number of aromatic amines is 1. The third-order valence-electron chi connectivity index (χ3n) is 4.63. The number of benzene rings is 1. The van der Waals surface area contributed by atoms with Crippen LogP contribution < -0.4 is 0 Å². The molecule has 2 aliphatic heterocycles. The number of rotatable bonds is 3. The van der Waals surface area contributed by atoms with Crippen molar-refractivity contribution in [2.45, 2.75) is 4.90 Å². The van der Waals surface area contributed by atoms with Gasteiger partial charge in [-0.25, -0.2) is 8.51 Å². The molecule has 1 aromatic carbocycles. The number of hydrogen-bond donors (Lipinski definition) is 1. The van der Waals surface area contributed by atoms with Crippen molar-refractivity contribution in [3.63, 3.8) is 0 Å². The molecular weight excluding hydrogens is 350 g/mol. The Morgan fingerprint density at radius 1 is 1.21 bits per heavy atom. The zero-order valence-corrected chi connectivity index (χ0v) is 14.3. The summed E-state index contributed by atoms with van der Waals surface area (Å²) in [5, 5.41) is 10.5. The van der Waals surface area contributed by atoms with Crippen LogP contribution in [0.4, 0.5) is 0 Å². The summed E-state index contributed by atoms with van der Waals surface area (Å²) in [6, 6.07) is 7.22. The Balaban J connectivity index is 1.42. The maximum absolute atomic E-state index is 12.8. The lowest BCUT2D eigenvalue weighted by Gasteiger charge is -2.20. The molecule has 1 aromatic heterocycles. The zero-order chi connectivity index (χ0) is 16.7. The molecule has 0 radical (unpaired) electrons. The second-order valence-corrected chi connectivity index (χ2v) is 7.97. The Labute approximate surface area is 146 Å². The molecule has 2 saturated heterocycles. The van der Waals surface area contributed by atoms with E-state index in [0.29, 0.717) is 53.6 Å². The molecule has 2 aliphatic rings. The van der Waals surface area contributed by atoms with Crippen LogP contribution in [0.1, 0.15) is 10.5 Å². The van der Waals surface area contributed by atoms with Crippen LogP contribution in [0.3, 0.4) is 0 Å². The van der Waals surface area contributed by atoms with E-state index in [2.05, 4.69) is 15.4 Å². The van der Waals surface area contributed by atoms with Gasteiger partial charge < -0.3 is 4.90 Å². The van der Waals surface area contributed by atoms with E-state index < -0.39 is 11.0 Å². The fourth-order valence-electron chi connectivity index (χ4n) is 3.44. The molecule has 1 N–H and O–H groups in total. The average Bonchev–Trinajstić information content (AvgIpc) is 3.29. The molecule has 2 fully saturated rings. The highest BCUT2D eigenvalue weighted by atomic mass is 35.5. The Bertz CT molecular complexity index is 770. The molecule has 1 unspecified atom stereocenters. The predicted molar refractivity (Wildman–Crippen MR) is 88.7 cm³/mol. The molecule has 3 atom stereocenters. The van der Waals surface area contributed by atoms with Gasteiger partial charge in [-0.15, -0.1) is 0 Å². The zero-order valence-electron chi connectivity index (χ0n) is 12.8. The summed E-state index contributed by atoms with van der Waals surface area (Å²) in [5.41, 5.74) is 0.339. The highest BCUT2D eigenvalue weighted by Gasteiger charge is 2.43. The van der Waals surface area contributed by atoms with E-state index in [1.54, 1.807) is 12.1 Å². The summed E-state index contributed by atoms with van der Waals surface area (Å²) in [6.45, 7) is 2.72. The van der Waals surface area contributed by atoms with Gasteiger partial charge in [-0.05, 0) is 24.0 Å². The number of halogens is 1. The first-order chi connectivity index (χ1) is 11.6. The van der Waals surface area contributed by atoms with Crippen molar-refractivity contribution < 1.29 is 9.00 Å². The lowest BCUT2D eigenvalue weighted by atomic mass is 10.0. The Kier molecular flexibility index (Phi) is 4.11. The average molecular weight is 366 g/mol. The van der Waals surface area contributed by atoms with Gasteiger partial charge in [0, 0.05) is 26.2 Å². The van der Waals surface area contributed by atoms with Gasteiger partial charge in [0.25, 0.3) is 5.91 Å². The van der Waals surface area contributed by atoms with E-state index in [1.807, 2.05) is 21.3 Å². The minimum atomic E-state index is -1.26. The molecule has 2 aromatic rings. The molecule has 0 saturated carbocycles. The molecule has 0 aliphatic carbocycles. The molecule has 4 rings (SSSR count). The summed E-state index contributed by atoms with van der Waals surface area (Å²) in [6.07, 6.45) is 1.44. The topological polar surface area (TPSA) is 82.2 Å². The van der Waals surface area contributed by atoms with Crippen molar-refractivity contribution in [2.24, 2.45) is 11.8 Å². The van der Waals surface area contributed by atoms with Crippen LogP contribution in [-0.2, 0) is 11.0 Å². The number of H-pyrrole nitrogens is 1. The quantitative estimate of drug-likeness (QED) is 0.885. The Hall–Kier alpha value is -1.77. The van der Waals surface area contributed by atoms with Crippen molar-refractivity contribution in [1.82, 2.24) is 24.6 Å². The van der Waals surface area contributed by atoms with E-state index >= 15 is 0 Å². The van der Waals surface area contributed by atoms with Crippen molar-refractivity contribution in [2.75, 3.05) is 26.2 Å². The van der Waals surface area contributed by atoms with E-state index in [0.717, 1.165) is 0 Å². The third-order valence-corrected chi connectivity index (χ3v) is 6.57. The van der Waals surface area contributed by atoms with Gasteiger partial charge >= 0.3 is 0 Å². The largest absolute Gasteiger partial charge is 0.337 e. The van der Waals surface area contributed by atoms with Crippen LogP contribution in [0, 0.1) is 11.8 Å². The van der Waals surface area contributed by atoms with E-state index in [1.165, 1.54) is 6.20 Å². The maximum Gasteiger partial charge on any atom is 0.276 e. The van der Waals surface area contributed by atoms with Crippen molar-refractivity contribution in [3.05, 3.63) is 41.2 Å². The third kappa shape index (κ3) is 2.74. The molecule has 1 amide bonds. The van der Waals surface area contributed by atoms with Gasteiger partial charge in [0.2, 0.25) is 0 Å². The standard InChI is InChI=1S/C15H16ClN5O2S/c16-12-3-1-2-4-14(12)24(23)21-8-10-6-20(7-11(10)9-21)15(22)13-5-17-19-18-13/h1-5,10-11H,6-9H2,(H,17,18,19)/t10-,11+,24?. The molecule has 3 heterocycles. The van der Waals surface area contributed by atoms with Crippen LogP contribution >= 0.6 is 11.6 Å². The fraction of sp³-hybridized carbons (Fsp3) is 0.400. The SMILES string of the molecule is O=C(c1cn[nH]n1)N1C[C@@H]2CN(S(=O)c3ccccc3Cl)C[C@@H]2C1. The summed E-state index contributed by atoms with van der Waals surface area (Å²) in [4.78, 5) is 14.8. The molecule has 0 spiro atoms. The van der Waals surface area contributed by atoms with Gasteiger partial charge in [0.05, 0.1) is 16.1 Å². The van der Waals surface area contributed by atoms with Crippen molar-refractivity contribution >= 4 is 28.5 Å². The van der Waals surface area contributed by atoms with Crippen LogP contribution in [-0.4, -0.2) is 60.9 Å². The number of nitrogens with zero attached hydrogens (tertiary/aromatic N) is 4. The molecule has 24 heavy (non-hydrogen) atoms. The van der Waals surface area contributed by atoms with Crippen LogP contribution in [0.2, 0.25) is 5.02 Å². The minimum absolute atomic E-state index is 0.100. The van der Waals surface area contributed by atoms with Gasteiger partial charge in [-0.3, -0.25) is 4.79 Å². The summed E-state index contributed by atoms with van der Waals surface area (Å²) in [5.74, 6) is 0.552. The van der Waals surface area contributed by atoms with E-state index in [-0.39, 0.29) is 5.91 Å². The van der Waals surface area contributed by atoms with Crippen LogP contribution in [0.5, 0.6) is 0 Å². The molecule has 9 heteroatoms. The molecule has 0 bridgehead atoms. The second-order valence-electron chi connectivity index (χ2n) is 6.11. The summed E-state index contributed by atoms with van der Waals surface area (Å²) < 4.78 is 14.7. The van der Waals surface area contributed by atoms with Gasteiger partial charge in [-0.2, -0.15) is 15.4 Å². The first-order valence-electron chi connectivity index (χ1n) is 7.70. The van der Waals surface area contributed by atoms with Gasteiger partial charge in [0.1, 0.15) is 11.0 Å².